The van der Waals surface area contributed by atoms with Crippen molar-refractivity contribution in [3.63, 3.8) is 0 Å². The molecule has 1 saturated carbocycles. The van der Waals surface area contributed by atoms with E-state index in [4.69, 9.17) is 14.2 Å². The van der Waals surface area contributed by atoms with E-state index in [1.54, 1.807) is 5.57 Å². The van der Waals surface area contributed by atoms with Crippen molar-refractivity contribution in [3.05, 3.63) is 29.8 Å². The smallest absolute Gasteiger partial charge is 0.311 e. The Morgan fingerprint density at radius 3 is 2.78 bits per heavy atom. The Kier molecular flexibility index (Phi) is 4.90. The minimum absolute atomic E-state index is 0.0185. The molecule has 6 nitrogen and oxygen atoms in total. The molecule has 1 aromatic carbocycles. The molecule has 1 aromatic rings. The second kappa shape index (κ2) is 7.68. The molecule has 172 valence electrons. The van der Waals surface area contributed by atoms with Crippen molar-refractivity contribution in [2.45, 2.75) is 45.6 Å². The van der Waals surface area contributed by atoms with Gasteiger partial charge in [0.1, 0.15) is 6.10 Å². The number of ether oxygens (including phenoxy) is 3. The third-order valence-electron chi connectivity index (χ3n) is 8.63. The van der Waals surface area contributed by atoms with E-state index in [0.717, 1.165) is 50.6 Å². The number of fused-ring (bicyclic) bond motifs is 3. The van der Waals surface area contributed by atoms with Gasteiger partial charge in [-0.2, -0.15) is 0 Å². The summed E-state index contributed by atoms with van der Waals surface area (Å²) in [6, 6.07) is 6.18. The van der Waals surface area contributed by atoms with Gasteiger partial charge < -0.3 is 19.1 Å². The summed E-state index contributed by atoms with van der Waals surface area (Å²) < 4.78 is 16.9. The topological polar surface area (TPSA) is 51.2 Å². The van der Waals surface area contributed by atoms with Gasteiger partial charge >= 0.3 is 5.97 Å². The summed E-state index contributed by atoms with van der Waals surface area (Å²) in [4.78, 5) is 17.7. The summed E-state index contributed by atoms with van der Waals surface area (Å²) in [7, 11) is 0. The van der Waals surface area contributed by atoms with Crippen molar-refractivity contribution >= 4 is 11.7 Å². The molecule has 0 bridgehead atoms. The van der Waals surface area contributed by atoms with E-state index in [0.29, 0.717) is 12.7 Å². The van der Waals surface area contributed by atoms with Crippen molar-refractivity contribution in [2.24, 2.45) is 23.2 Å². The van der Waals surface area contributed by atoms with Crippen molar-refractivity contribution in [1.29, 1.82) is 0 Å². The van der Waals surface area contributed by atoms with Crippen LogP contribution < -0.4 is 14.4 Å². The number of anilines is 1. The molecule has 5 aliphatic rings. The van der Waals surface area contributed by atoms with E-state index >= 15 is 0 Å². The SMILES string of the molecule is C[C@@H]1CCC[C@@]2(C)C[C@H]3OC(=O)[C@@H](CN4CCN(c5ccc6c(c5)OCO6)CC4)[C@@H]3C=C12. The predicted molar refractivity (Wildman–Crippen MR) is 122 cm³/mol. The molecule has 3 fully saturated rings. The number of benzene rings is 1. The number of allylic oxidation sites excluding steroid dienone is 1. The monoisotopic (exact) mass is 438 g/mol. The molecule has 32 heavy (non-hydrogen) atoms. The summed E-state index contributed by atoms with van der Waals surface area (Å²) >= 11 is 0. The highest BCUT2D eigenvalue weighted by molar-refractivity contribution is 5.76. The van der Waals surface area contributed by atoms with Crippen LogP contribution in [-0.2, 0) is 9.53 Å². The Morgan fingerprint density at radius 2 is 1.94 bits per heavy atom. The highest BCUT2D eigenvalue weighted by Crippen LogP contribution is 2.54. The lowest BCUT2D eigenvalue weighted by molar-refractivity contribution is -0.145. The Balaban J connectivity index is 1.12. The fraction of sp³-hybridized carbons (Fsp3) is 0.654. The van der Waals surface area contributed by atoms with E-state index in [9.17, 15) is 4.79 Å². The minimum Gasteiger partial charge on any atom is -0.461 e. The largest absolute Gasteiger partial charge is 0.461 e. The van der Waals surface area contributed by atoms with Crippen LogP contribution in [0.3, 0.4) is 0 Å². The Morgan fingerprint density at radius 1 is 1.12 bits per heavy atom. The van der Waals surface area contributed by atoms with Crippen LogP contribution in [0.4, 0.5) is 5.69 Å². The summed E-state index contributed by atoms with van der Waals surface area (Å²) in [6.07, 6.45) is 7.35. The van der Waals surface area contributed by atoms with Crippen LogP contribution in [0, 0.1) is 23.2 Å². The second-order valence-electron chi connectivity index (χ2n) is 10.7. The number of carbonyl (C=O) groups is 1. The molecule has 0 aromatic heterocycles. The van der Waals surface area contributed by atoms with Crippen LogP contribution in [0.25, 0.3) is 0 Å². The number of piperazine rings is 1. The fourth-order valence-electron chi connectivity index (χ4n) is 6.81. The fourth-order valence-corrected chi connectivity index (χ4v) is 6.81. The maximum absolute atomic E-state index is 12.9. The van der Waals surface area contributed by atoms with Crippen molar-refractivity contribution in [3.8, 4) is 11.5 Å². The normalized spacial score (nSPS) is 36.4. The van der Waals surface area contributed by atoms with Crippen LogP contribution in [0.5, 0.6) is 11.5 Å². The number of rotatable bonds is 3. The van der Waals surface area contributed by atoms with Gasteiger partial charge in [0.15, 0.2) is 11.5 Å². The van der Waals surface area contributed by atoms with Gasteiger partial charge in [-0.25, -0.2) is 0 Å². The highest BCUT2D eigenvalue weighted by atomic mass is 16.7. The molecule has 0 amide bonds. The van der Waals surface area contributed by atoms with E-state index in [1.807, 2.05) is 6.07 Å². The summed E-state index contributed by atoms with van der Waals surface area (Å²) in [5.74, 6) is 2.54. The van der Waals surface area contributed by atoms with Gasteiger partial charge in [0.2, 0.25) is 6.79 Å². The van der Waals surface area contributed by atoms with Gasteiger partial charge in [-0.05, 0) is 42.7 Å². The van der Waals surface area contributed by atoms with Gasteiger partial charge in [0, 0.05) is 50.4 Å². The van der Waals surface area contributed by atoms with Gasteiger partial charge in [-0.1, -0.05) is 31.9 Å². The van der Waals surface area contributed by atoms with Crippen LogP contribution in [0.15, 0.2) is 29.8 Å². The van der Waals surface area contributed by atoms with E-state index < -0.39 is 0 Å². The summed E-state index contributed by atoms with van der Waals surface area (Å²) in [6.45, 7) is 9.69. The lowest BCUT2D eigenvalue weighted by atomic mass is 9.59. The third kappa shape index (κ3) is 3.38. The number of hydrogen-bond donors (Lipinski definition) is 0. The molecular formula is C26H34N2O4. The summed E-state index contributed by atoms with van der Waals surface area (Å²) in [5.41, 5.74) is 3.00. The first-order chi connectivity index (χ1) is 15.5. The number of esters is 1. The molecule has 6 rings (SSSR count). The third-order valence-corrected chi connectivity index (χ3v) is 8.63. The molecular weight excluding hydrogens is 404 g/mol. The zero-order valence-corrected chi connectivity index (χ0v) is 19.2. The lowest BCUT2D eigenvalue weighted by Crippen LogP contribution is -2.49. The first-order valence-electron chi connectivity index (χ1n) is 12.3. The molecule has 3 heterocycles. The van der Waals surface area contributed by atoms with Crippen molar-refractivity contribution < 1.29 is 19.0 Å². The average Bonchev–Trinajstić information content (AvgIpc) is 3.36. The predicted octanol–water partition coefficient (Wildman–Crippen LogP) is 3.85. The first kappa shape index (κ1) is 20.4. The Hall–Kier alpha value is -2.21. The van der Waals surface area contributed by atoms with Crippen LogP contribution >= 0.6 is 0 Å². The molecule has 5 atom stereocenters. The van der Waals surface area contributed by atoms with Crippen LogP contribution in [0.2, 0.25) is 0 Å². The van der Waals surface area contributed by atoms with Crippen molar-refractivity contribution in [2.75, 3.05) is 44.4 Å². The molecule has 2 saturated heterocycles. The molecule has 3 aliphatic heterocycles. The molecule has 0 N–H and O–H groups in total. The maximum Gasteiger partial charge on any atom is 0.311 e. The summed E-state index contributed by atoms with van der Waals surface area (Å²) in [5, 5.41) is 0. The molecule has 0 spiro atoms. The lowest BCUT2D eigenvalue weighted by Gasteiger charge is -2.46. The molecule has 0 unspecified atom stereocenters. The van der Waals surface area contributed by atoms with E-state index in [1.165, 1.54) is 24.9 Å². The number of hydrogen-bond acceptors (Lipinski definition) is 6. The quantitative estimate of drug-likeness (QED) is 0.528. The highest BCUT2D eigenvalue weighted by Gasteiger charge is 2.52. The molecule has 2 aliphatic carbocycles. The average molecular weight is 439 g/mol. The van der Waals surface area contributed by atoms with Crippen LogP contribution in [-0.4, -0.2) is 56.5 Å². The number of nitrogens with zero attached hydrogens (tertiary/aromatic N) is 2. The Labute approximate surface area is 190 Å². The zero-order chi connectivity index (χ0) is 21.9. The van der Waals surface area contributed by atoms with Crippen molar-refractivity contribution in [1.82, 2.24) is 4.90 Å². The first-order valence-corrected chi connectivity index (χ1v) is 12.3. The number of carbonyl (C=O) groups excluding carboxylic acids is 1. The standard InChI is InChI=1S/C26H34N2O4/c1-17-4-3-7-26(2)14-24-19(13-21(17)26)20(25(29)32-24)15-27-8-10-28(11-9-27)18-5-6-22-23(12-18)31-16-30-22/h5-6,12-13,17,19-20,24H,3-4,7-11,14-16H2,1-2H3/t17-,19+,20+,24-,26+/m1/s1. The van der Waals surface area contributed by atoms with Crippen LogP contribution in [0.1, 0.15) is 39.5 Å². The maximum atomic E-state index is 12.9. The van der Waals surface area contributed by atoms with Gasteiger partial charge in [0.05, 0.1) is 5.92 Å². The second-order valence-corrected chi connectivity index (χ2v) is 10.7. The van der Waals surface area contributed by atoms with E-state index in [2.05, 4.69) is 41.9 Å². The molecule has 0 radical (unpaired) electrons. The minimum atomic E-state index is -0.0248. The zero-order valence-electron chi connectivity index (χ0n) is 19.2. The van der Waals surface area contributed by atoms with Gasteiger partial charge in [-0.3, -0.25) is 9.69 Å². The Bertz CT molecular complexity index is 938. The molecule has 6 heteroatoms. The van der Waals surface area contributed by atoms with E-state index in [-0.39, 0.29) is 29.3 Å². The van der Waals surface area contributed by atoms with Gasteiger partial charge in [-0.15, -0.1) is 0 Å². The van der Waals surface area contributed by atoms with Gasteiger partial charge in [0.25, 0.3) is 0 Å².